The van der Waals surface area contributed by atoms with Gasteiger partial charge in [0.1, 0.15) is 19.0 Å². The van der Waals surface area contributed by atoms with E-state index >= 15 is 0 Å². The first-order valence-corrected chi connectivity index (χ1v) is 11.6. The Balaban J connectivity index is 1.53. The SMILES string of the molecule is CN(CCF)CCCCNc1cccc2c1cc(-c1noc(CNc3ccn[nH]3)n1)n2CC(F)(F)F. The monoisotopic (exact) mass is 508 g/mol. The molecule has 13 heteroatoms. The van der Waals surface area contributed by atoms with Crippen LogP contribution in [0.1, 0.15) is 18.7 Å². The summed E-state index contributed by atoms with van der Waals surface area (Å²) in [5, 5.41) is 17.5. The molecule has 0 aliphatic rings. The molecule has 0 amide bonds. The number of benzene rings is 1. The normalized spacial score (nSPS) is 12.1. The second-order valence-electron chi connectivity index (χ2n) is 8.43. The van der Waals surface area contributed by atoms with Crippen molar-refractivity contribution in [3.8, 4) is 11.5 Å². The summed E-state index contributed by atoms with van der Waals surface area (Å²) >= 11 is 0. The number of rotatable bonds is 13. The van der Waals surface area contributed by atoms with E-state index in [4.69, 9.17) is 4.52 Å². The van der Waals surface area contributed by atoms with E-state index < -0.39 is 12.7 Å². The summed E-state index contributed by atoms with van der Waals surface area (Å²) in [6.07, 6.45) is -1.16. The maximum absolute atomic E-state index is 13.5. The highest BCUT2D eigenvalue weighted by Crippen LogP contribution is 2.34. The number of nitrogens with one attached hydrogen (secondary N) is 3. The van der Waals surface area contributed by atoms with Crippen LogP contribution in [0, 0.1) is 0 Å². The summed E-state index contributed by atoms with van der Waals surface area (Å²) in [4.78, 5) is 6.22. The number of nitrogens with zero attached hydrogens (tertiary/aromatic N) is 5. The van der Waals surface area contributed by atoms with Gasteiger partial charge in [-0.2, -0.15) is 23.3 Å². The minimum absolute atomic E-state index is 0.0683. The van der Waals surface area contributed by atoms with Gasteiger partial charge in [0.15, 0.2) is 0 Å². The Kier molecular flexibility index (Phi) is 8.08. The quantitative estimate of drug-likeness (QED) is 0.178. The summed E-state index contributed by atoms with van der Waals surface area (Å²) in [6, 6.07) is 8.55. The molecule has 4 rings (SSSR count). The van der Waals surface area contributed by atoms with Crippen LogP contribution >= 0.6 is 0 Å². The molecular weight excluding hydrogens is 480 g/mol. The van der Waals surface area contributed by atoms with Gasteiger partial charge in [-0.3, -0.25) is 5.10 Å². The van der Waals surface area contributed by atoms with Crippen LogP contribution in [0.15, 0.2) is 41.1 Å². The fourth-order valence-corrected chi connectivity index (χ4v) is 3.92. The van der Waals surface area contributed by atoms with Crippen molar-refractivity contribution in [3.05, 3.63) is 42.4 Å². The second-order valence-corrected chi connectivity index (χ2v) is 8.43. The lowest BCUT2D eigenvalue weighted by molar-refractivity contribution is -0.139. The van der Waals surface area contributed by atoms with E-state index in [-0.39, 0.29) is 30.6 Å². The van der Waals surface area contributed by atoms with E-state index in [1.165, 1.54) is 0 Å². The number of hydrogen-bond acceptors (Lipinski definition) is 7. The van der Waals surface area contributed by atoms with Gasteiger partial charge >= 0.3 is 6.18 Å². The van der Waals surface area contributed by atoms with Gasteiger partial charge in [0.25, 0.3) is 0 Å². The Morgan fingerprint density at radius 1 is 1.14 bits per heavy atom. The molecule has 9 nitrogen and oxygen atoms in total. The van der Waals surface area contributed by atoms with Gasteiger partial charge in [0, 0.05) is 24.2 Å². The third-order valence-electron chi connectivity index (χ3n) is 5.66. The van der Waals surface area contributed by atoms with Crippen LogP contribution in [0.2, 0.25) is 0 Å². The lowest BCUT2D eigenvalue weighted by atomic mass is 10.2. The number of hydrogen-bond donors (Lipinski definition) is 3. The topological polar surface area (TPSA) is 99.8 Å². The fraction of sp³-hybridized carbons (Fsp3) is 0.435. The molecule has 4 aromatic rings. The number of anilines is 2. The summed E-state index contributed by atoms with van der Waals surface area (Å²) in [6.45, 7) is 0.426. The van der Waals surface area contributed by atoms with Crippen molar-refractivity contribution in [2.24, 2.45) is 0 Å². The predicted octanol–water partition coefficient (Wildman–Crippen LogP) is 4.68. The third kappa shape index (κ3) is 6.53. The van der Waals surface area contributed by atoms with Gasteiger partial charge in [-0.25, -0.2) is 4.39 Å². The summed E-state index contributed by atoms with van der Waals surface area (Å²) in [5.74, 6) is 0.934. The van der Waals surface area contributed by atoms with Crippen LogP contribution in [0.5, 0.6) is 0 Å². The largest absolute Gasteiger partial charge is 0.406 e. The van der Waals surface area contributed by atoms with Crippen molar-refractivity contribution in [1.29, 1.82) is 0 Å². The molecule has 0 spiro atoms. The molecule has 0 saturated carbocycles. The standard InChI is InChI=1S/C23H28F4N8O/c1-34(12-8-24)11-3-2-9-28-17-5-4-6-18-16(17)13-19(35(18)15-23(25,26)27)22-31-21(36-33-22)14-29-20-7-10-30-32-20/h4-7,10,13,28H,2-3,8-9,11-12,14-15H2,1H3,(H2,29,30,32). The Bertz CT molecular complexity index is 1230. The predicted molar refractivity (Wildman–Crippen MR) is 128 cm³/mol. The molecule has 3 N–H and O–H groups in total. The van der Waals surface area contributed by atoms with Crippen LogP contribution in [0.25, 0.3) is 22.4 Å². The smallest absolute Gasteiger partial charge is 0.384 e. The zero-order valence-electron chi connectivity index (χ0n) is 19.8. The molecule has 1 aromatic carbocycles. The Morgan fingerprint density at radius 2 is 2.00 bits per heavy atom. The molecule has 0 radical (unpaired) electrons. The van der Waals surface area contributed by atoms with Crippen LogP contribution in [-0.2, 0) is 13.1 Å². The molecule has 0 bridgehead atoms. The highest BCUT2D eigenvalue weighted by molar-refractivity contribution is 5.96. The lowest BCUT2D eigenvalue weighted by Crippen LogP contribution is -2.22. The van der Waals surface area contributed by atoms with Crippen molar-refractivity contribution >= 4 is 22.4 Å². The minimum Gasteiger partial charge on any atom is -0.384 e. The van der Waals surface area contributed by atoms with Gasteiger partial charge in [0.2, 0.25) is 11.7 Å². The first kappa shape index (κ1) is 25.5. The molecule has 0 fully saturated rings. The van der Waals surface area contributed by atoms with E-state index in [0.717, 1.165) is 29.6 Å². The zero-order chi connectivity index (χ0) is 25.5. The number of H-pyrrole nitrogens is 1. The van der Waals surface area contributed by atoms with Gasteiger partial charge in [-0.05, 0) is 50.7 Å². The van der Waals surface area contributed by atoms with Crippen molar-refractivity contribution < 1.29 is 22.1 Å². The maximum Gasteiger partial charge on any atom is 0.406 e. The van der Waals surface area contributed by atoms with Crippen molar-refractivity contribution in [3.63, 3.8) is 0 Å². The average Bonchev–Trinajstić information content (AvgIpc) is 3.57. The maximum atomic E-state index is 13.5. The van der Waals surface area contributed by atoms with Crippen LogP contribution in [0.4, 0.5) is 29.1 Å². The lowest BCUT2D eigenvalue weighted by Gasteiger charge is -2.14. The zero-order valence-corrected chi connectivity index (χ0v) is 19.8. The molecule has 0 aliphatic carbocycles. The third-order valence-corrected chi connectivity index (χ3v) is 5.66. The highest BCUT2D eigenvalue weighted by atomic mass is 19.4. The van der Waals surface area contributed by atoms with E-state index in [1.54, 1.807) is 30.5 Å². The fourth-order valence-electron chi connectivity index (χ4n) is 3.92. The Hall–Kier alpha value is -3.61. The average molecular weight is 509 g/mol. The summed E-state index contributed by atoms with van der Waals surface area (Å²) in [7, 11) is 1.87. The minimum atomic E-state index is -4.44. The van der Waals surface area contributed by atoms with Gasteiger partial charge in [-0.1, -0.05) is 11.2 Å². The Morgan fingerprint density at radius 3 is 2.75 bits per heavy atom. The van der Waals surface area contributed by atoms with E-state index in [9.17, 15) is 17.6 Å². The molecule has 0 aliphatic heterocycles. The summed E-state index contributed by atoms with van der Waals surface area (Å²) < 4.78 is 59.3. The van der Waals surface area contributed by atoms with Crippen molar-refractivity contribution in [2.75, 3.05) is 44.0 Å². The molecule has 0 unspecified atom stereocenters. The molecule has 36 heavy (non-hydrogen) atoms. The first-order valence-electron chi connectivity index (χ1n) is 11.6. The summed E-state index contributed by atoms with van der Waals surface area (Å²) in [5.41, 5.74) is 1.34. The number of unbranched alkanes of at least 4 members (excludes halogenated alkanes) is 1. The number of halogens is 4. The van der Waals surface area contributed by atoms with E-state index in [1.807, 2.05) is 18.0 Å². The number of alkyl halides is 4. The van der Waals surface area contributed by atoms with Gasteiger partial charge in [0.05, 0.1) is 24.0 Å². The van der Waals surface area contributed by atoms with Crippen molar-refractivity contribution in [1.82, 2.24) is 29.8 Å². The molecular formula is C23H28F4N8O. The molecule has 0 atom stereocenters. The molecule has 194 valence electrons. The Labute approximate surface area is 204 Å². The van der Waals surface area contributed by atoms with Crippen LogP contribution in [0.3, 0.4) is 0 Å². The van der Waals surface area contributed by atoms with Gasteiger partial charge < -0.3 is 24.6 Å². The van der Waals surface area contributed by atoms with Crippen LogP contribution in [-0.4, -0.2) is 69.3 Å². The van der Waals surface area contributed by atoms with Crippen LogP contribution < -0.4 is 10.6 Å². The number of aromatic nitrogens is 5. The number of aromatic amines is 1. The van der Waals surface area contributed by atoms with E-state index in [0.29, 0.717) is 29.8 Å². The van der Waals surface area contributed by atoms with E-state index in [2.05, 4.69) is 31.0 Å². The highest BCUT2D eigenvalue weighted by Gasteiger charge is 2.31. The van der Waals surface area contributed by atoms with Crippen molar-refractivity contribution in [2.45, 2.75) is 32.1 Å². The molecule has 3 aromatic heterocycles. The second kappa shape index (κ2) is 11.4. The molecule has 3 heterocycles. The number of fused-ring (bicyclic) bond motifs is 1. The first-order chi connectivity index (χ1) is 17.3. The molecule has 0 saturated heterocycles. The van der Waals surface area contributed by atoms with Gasteiger partial charge in [-0.15, -0.1) is 0 Å².